The summed E-state index contributed by atoms with van der Waals surface area (Å²) in [6.07, 6.45) is 0. The summed E-state index contributed by atoms with van der Waals surface area (Å²) in [6, 6.07) is 7.38. The lowest BCUT2D eigenvalue weighted by Gasteiger charge is -2.12. The molecule has 0 atom stereocenters. The van der Waals surface area contributed by atoms with Crippen molar-refractivity contribution in [2.45, 2.75) is 26.4 Å². The molecule has 18 heavy (non-hydrogen) atoms. The van der Waals surface area contributed by atoms with Gasteiger partial charge in [-0.1, -0.05) is 19.9 Å². The third kappa shape index (κ3) is 3.19. The quantitative estimate of drug-likeness (QED) is 0.849. The van der Waals surface area contributed by atoms with Crippen LogP contribution in [0.3, 0.4) is 0 Å². The molecule has 0 bridgehead atoms. The van der Waals surface area contributed by atoms with Gasteiger partial charge in [-0.3, -0.25) is 0 Å². The molecule has 0 aliphatic rings. The van der Waals surface area contributed by atoms with Gasteiger partial charge in [0.2, 0.25) is 0 Å². The summed E-state index contributed by atoms with van der Waals surface area (Å²) in [6.45, 7) is 4.95. The predicted octanol–water partition coefficient (Wildman–Crippen LogP) is 4.81. The first kappa shape index (κ1) is 13.7. The van der Waals surface area contributed by atoms with Crippen molar-refractivity contribution in [1.29, 1.82) is 0 Å². The van der Waals surface area contributed by atoms with Crippen molar-refractivity contribution in [1.82, 2.24) is 5.32 Å². The molecule has 2 aromatic rings. The van der Waals surface area contributed by atoms with Gasteiger partial charge in [0.05, 0.1) is 0 Å². The highest BCUT2D eigenvalue weighted by Gasteiger charge is 2.11. The van der Waals surface area contributed by atoms with Crippen LogP contribution >= 0.6 is 27.3 Å². The normalized spacial score (nSPS) is 11.2. The summed E-state index contributed by atoms with van der Waals surface area (Å²) in [7, 11) is 0. The molecule has 0 spiro atoms. The van der Waals surface area contributed by atoms with Crippen LogP contribution in [0.1, 0.15) is 19.4 Å². The Hall–Kier alpha value is -0.710. The second-order valence-corrected chi connectivity index (χ2v) is 6.21. The van der Waals surface area contributed by atoms with Gasteiger partial charge >= 0.3 is 0 Å². The van der Waals surface area contributed by atoms with Gasteiger partial charge in [-0.05, 0) is 45.1 Å². The molecule has 1 heterocycles. The van der Waals surface area contributed by atoms with Crippen molar-refractivity contribution in [3.63, 3.8) is 0 Å². The molecular formula is C14H15BrFNS. The summed E-state index contributed by atoms with van der Waals surface area (Å²) in [5.74, 6) is -0.196. The lowest BCUT2D eigenvalue weighted by molar-refractivity contribution is 0.587. The van der Waals surface area contributed by atoms with Crippen molar-refractivity contribution >= 4 is 27.3 Å². The highest BCUT2D eigenvalue weighted by molar-refractivity contribution is 9.10. The van der Waals surface area contributed by atoms with Crippen LogP contribution in [-0.2, 0) is 6.54 Å². The molecule has 4 heteroatoms. The van der Waals surface area contributed by atoms with E-state index in [4.69, 9.17) is 0 Å². The van der Waals surface area contributed by atoms with Crippen molar-refractivity contribution in [2.24, 2.45) is 0 Å². The lowest BCUT2D eigenvalue weighted by Crippen LogP contribution is -2.22. The fourth-order valence-corrected chi connectivity index (χ4v) is 3.35. The first-order chi connectivity index (χ1) is 8.58. The first-order valence-corrected chi connectivity index (χ1v) is 7.50. The van der Waals surface area contributed by atoms with E-state index in [2.05, 4.69) is 35.1 Å². The number of benzene rings is 1. The summed E-state index contributed by atoms with van der Waals surface area (Å²) in [5, 5.41) is 5.37. The zero-order valence-electron chi connectivity index (χ0n) is 10.3. The van der Waals surface area contributed by atoms with Crippen LogP contribution in [0.4, 0.5) is 4.39 Å². The molecule has 2 rings (SSSR count). The van der Waals surface area contributed by atoms with Crippen LogP contribution in [0.25, 0.3) is 10.4 Å². The SMILES string of the molecule is CC(C)NCc1ccc(F)cc1-c1sccc1Br. The molecule has 0 amide bonds. The van der Waals surface area contributed by atoms with Gasteiger partial charge < -0.3 is 5.32 Å². The topological polar surface area (TPSA) is 12.0 Å². The largest absolute Gasteiger partial charge is 0.310 e. The second-order valence-electron chi connectivity index (χ2n) is 4.43. The van der Waals surface area contributed by atoms with Crippen LogP contribution in [0.15, 0.2) is 34.1 Å². The number of hydrogen-bond acceptors (Lipinski definition) is 2. The Kier molecular flexibility index (Phi) is 4.54. The van der Waals surface area contributed by atoms with E-state index in [-0.39, 0.29) is 5.82 Å². The van der Waals surface area contributed by atoms with Gasteiger partial charge in [-0.15, -0.1) is 11.3 Å². The molecule has 0 aliphatic heterocycles. The Bertz CT molecular complexity index is 536. The van der Waals surface area contributed by atoms with E-state index < -0.39 is 0 Å². The van der Waals surface area contributed by atoms with E-state index in [0.717, 1.165) is 27.0 Å². The number of thiophene rings is 1. The van der Waals surface area contributed by atoms with Crippen molar-refractivity contribution in [2.75, 3.05) is 0 Å². The molecule has 1 N–H and O–H groups in total. The monoisotopic (exact) mass is 327 g/mol. The Morgan fingerprint density at radius 2 is 2.11 bits per heavy atom. The van der Waals surface area contributed by atoms with Crippen molar-refractivity contribution in [3.05, 3.63) is 45.5 Å². The summed E-state index contributed by atoms with van der Waals surface area (Å²) >= 11 is 5.13. The molecule has 1 nitrogen and oxygen atoms in total. The minimum absolute atomic E-state index is 0.196. The van der Waals surface area contributed by atoms with Crippen LogP contribution in [0.2, 0.25) is 0 Å². The fourth-order valence-electron chi connectivity index (χ4n) is 1.71. The van der Waals surface area contributed by atoms with Crippen molar-refractivity contribution < 1.29 is 4.39 Å². The van der Waals surface area contributed by atoms with Crippen molar-refractivity contribution in [3.8, 4) is 10.4 Å². The summed E-state index contributed by atoms with van der Waals surface area (Å²) < 4.78 is 14.5. The highest BCUT2D eigenvalue weighted by atomic mass is 79.9. The molecule has 0 saturated heterocycles. The Labute approximate surface area is 119 Å². The molecular weight excluding hydrogens is 313 g/mol. The van der Waals surface area contributed by atoms with E-state index in [1.807, 2.05) is 17.5 Å². The Balaban J connectivity index is 2.38. The molecule has 0 unspecified atom stereocenters. The van der Waals surface area contributed by atoms with Gasteiger partial charge in [-0.2, -0.15) is 0 Å². The minimum Gasteiger partial charge on any atom is -0.310 e. The van der Waals surface area contributed by atoms with E-state index in [9.17, 15) is 4.39 Å². The molecule has 0 fully saturated rings. The van der Waals surface area contributed by atoms with Gasteiger partial charge in [0, 0.05) is 27.5 Å². The number of nitrogens with one attached hydrogen (secondary N) is 1. The molecule has 0 aliphatic carbocycles. The van der Waals surface area contributed by atoms with Crippen LogP contribution < -0.4 is 5.32 Å². The third-order valence-electron chi connectivity index (χ3n) is 2.63. The zero-order valence-corrected chi connectivity index (χ0v) is 12.7. The lowest BCUT2D eigenvalue weighted by atomic mass is 10.1. The third-order valence-corrected chi connectivity index (χ3v) is 4.51. The van der Waals surface area contributed by atoms with Gasteiger partial charge in [0.25, 0.3) is 0 Å². The summed E-state index contributed by atoms with van der Waals surface area (Å²) in [4.78, 5) is 1.08. The number of halogens is 2. The molecule has 96 valence electrons. The van der Waals surface area contributed by atoms with E-state index in [0.29, 0.717) is 6.04 Å². The van der Waals surface area contributed by atoms with E-state index >= 15 is 0 Å². The maximum Gasteiger partial charge on any atom is 0.123 e. The summed E-state index contributed by atoms with van der Waals surface area (Å²) in [5.41, 5.74) is 2.08. The van der Waals surface area contributed by atoms with Gasteiger partial charge in [0.15, 0.2) is 0 Å². The van der Waals surface area contributed by atoms with Gasteiger partial charge in [0.1, 0.15) is 5.82 Å². The molecule has 0 radical (unpaired) electrons. The second kappa shape index (κ2) is 5.95. The Morgan fingerprint density at radius 3 is 2.72 bits per heavy atom. The molecule has 0 saturated carbocycles. The van der Waals surface area contributed by atoms with Gasteiger partial charge in [-0.25, -0.2) is 4.39 Å². The van der Waals surface area contributed by atoms with Crippen LogP contribution in [-0.4, -0.2) is 6.04 Å². The fraction of sp³-hybridized carbons (Fsp3) is 0.286. The average Bonchev–Trinajstić information content (AvgIpc) is 2.73. The molecule has 1 aromatic carbocycles. The highest BCUT2D eigenvalue weighted by Crippen LogP contribution is 2.36. The van der Waals surface area contributed by atoms with E-state index in [1.54, 1.807) is 17.4 Å². The predicted molar refractivity (Wildman–Crippen MR) is 79.4 cm³/mol. The maximum absolute atomic E-state index is 13.4. The van der Waals surface area contributed by atoms with Crippen LogP contribution in [0.5, 0.6) is 0 Å². The first-order valence-electron chi connectivity index (χ1n) is 5.83. The average molecular weight is 328 g/mol. The van der Waals surface area contributed by atoms with Crippen LogP contribution in [0, 0.1) is 5.82 Å². The zero-order chi connectivity index (χ0) is 13.1. The Morgan fingerprint density at radius 1 is 1.33 bits per heavy atom. The molecule has 1 aromatic heterocycles. The van der Waals surface area contributed by atoms with E-state index in [1.165, 1.54) is 6.07 Å². The minimum atomic E-state index is -0.196. The standard InChI is InChI=1S/C14H15BrFNS/c1-9(2)17-8-10-3-4-11(16)7-12(10)14-13(15)5-6-18-14/h3-7,9,17H,8H2,1-2H3. The smallest absolute Gasteiger partial charge is 0.123 e. The number of hydrogen-bond donors (Lipinski definition) is 1. The maximum atomic E-state index is 13.4. The number of rotatable bonds is 4.